The molecular weight excluding hydrogens is 527 g/mol. The molecule has 1 unspecified atom stereocenters. The van der Waals surface area contributed by atoms with Gasteiger partial charge in [-0.1, -0.05) is 54.6 Å². The largest absolute Gasteiger partial charge is 0.497 e. The molecule has 0 fully saturated rings. The summed E-state index contributed by atoms with van der Waals surface area (Å²) >= 11 is 0. The molecule has 1 aliphatic heterocycles. The van der Waals surface area contributed by atoms with Crippen LogP contribution >= 0.6 is 0 Å². The predicted octanol–water partition coefficient (Wildman–Crippen LogP) is 5.52. The van der Waals surface area contributed by atoms with E-state index in [2.05, 4.69) is 5.32 Å². The van der Waals surface area contributed by atoms with Crippen LogP contribution < -0.4 is 24.3 Å². The second-order valence-electron chi connectivity index (χ2n) is 9.35. The number of nitrogens with one attached hydrogen (secondary N) is 1. The van der Waals surface area contributed by atoms with E-state index in [9.17, 15) is 14.0 Å². The van der Waals surface area contributed by atoms with Crippen LogP contribution in [0.15, 0.2) is 91.0 Å². The summed E-state index contributed by atoms with van der Waals surface area (Å²) in [5.74, 6) is 0.533. The number of hydrogen-bond donors (Lipinski definition) is 1. The number of anilines is 1. The summed E-state index contributed by atoms with van der Waals surface area (Å²) < 4.78 is 36.7. The van der Waals surface area contributed by atoms with Gasteiger partial charge in [0, 0.05) is 18.2 Å². The van der Waals surface area contributed by atoms with Gasteiger partial charge in [0.15, 0.2) is 11.5 Å². The Morgan fingerprint density at radius 1 is 0.902 bits per heavy atom. The fraction of sp³-hybridized carbons (Fsp3) is 0.188. The van der Waals surface area contributed by atoms with Crippen LogP contribution in [0.25, 0.3) is 0 Å². The number of amides is 2. The molecule has 4 aromatic carbocycles. The van der Waals surface area contributed by atoms with E-state index in [1.165, 1.54) is 25.2 Å². The quantitative estimate of drug-likeness (QED) is 0.277. The van der Waals surface area contributed by atoms with Gasteiger partial charge in [0.2, 0.25) is 12.7 Å². The molecule has 210 valence electrons. The molecule has 9 heteroatoms. The van der Waals surface area contributed by atoms with Crippen molar-refractivity contribution in [2.24, 2.45) is 0 Å². The van der Waals surface area contributed by atoms with Crippen molar-refractivity contribution in [1.29, 1.82) is 0 Å². The summed E-state index contributed by atoms with van der Waals surface area (Å²) in [4.78, 5) is 29.5. The van der Waals surface area contributed by atoms with Crippen LogP contribution in [0.3, 0.4) is 0 Å². The molecule has 1 atom stereocenters. The summed E-state index contributed by atoms with van der Waals surface area (Å²) in [5, 5.41) is 2.90. The predicted molar refractivity (Wildman–Crippen MR) is 151 cm³/mol. The molecule has 0 aromatic heterocycles. The van der Waals surface area contributed by atoms with Crippen molar-refractivity contribution in [1.82, 2.24) is 4.90 Å². The zero-order chi connectivity index (χ0) is 28.8. The van der Waals surface area contributed by atoms with E-state index in [-0.39, 0.29) is 31.2 Å². The van der Waals surface area contributed by atoms with E-state index in [1.54, 1.807) is 54.6 Å². The highest BCUT2D eigenvalue weighted by atomic mass is 19.1. The lowest BCUT2D eigenvalue weighted by Gasteiger charge is -2.32. The molecule has 1 heterocycles. The summed E-state index contributed by atoms with van der Waals surface area (Å²) in [6.45, 7) is -0.102. The smallest absolute Gasteiger partial charge is 0.251 e. The number of hydrogen-bond acceptors (Lipinski definition) is 6. The SMILES string of the molecule is COc1ccc(NC(=O)C(c2ccc3c(c2)OCO3)N(Cc2ccccc2F)C(=O)Cc2ccccc2)c(OC)c1. The lowest BCUT2D eigenvalue weighted by Crippen LogP contribution is -2.42. The van der Waals surface area contributed by atoms with Crippen molar-refractivity contribution in [2.45, 2.75) is 19.0 Å². The first-order chi connectivity index (χ1) is 20.0. The third-order valence-corrected chi connectivity index (χ3v) is 6.76. The molecule has 0 aliphatic carbocycles. The maximum Gasteiger partial charge on any atom is 0.251 e. The summed E-state index contributed by atoms with van der Waals surface area (Å²) in [6.07, 6.45) is 0.00941. The van der Waals surface area contributed by atoms with Crippen LogP contribution in [0.4, 0.5) is 10.1 Å². The van der Waals surface area contributed by atoms with Crippen molar-refractivity contribution in [3.05, 3.63) is 114 Å². The average Bonchev–Trinajstić information content (AvgIpc) is 3.46. The van der Waals surface area contributed by atoms with E-state index in [4.69, 9.17) is 18.9 Å². The van der Waals surface area contributed by atoms with E-state index in [1.807, 2.05) is 30.3 Å². The molecule has 2 amide bonds. The summed E-state index contributed by atoms with van der Waals surface area (Å²) in [5.41, 5.74) is 1.88. The first kappa shape index (κ1) is 27.5. The molecular formula is C32H29FN2O6. The van der Waals surface area contributed by atoms with Crippen molar-refractivity contribution in [2.75, 3.05) is 26.3 Å². The molecule has 5 rings (SSSR count). The van der Waals surface area contributed by atoms with Gasteiger partial charge >= 0.3 is 0 Å². The second-order valence-corrected chi connectivity index (χ2v) is 9.35. The average molecular weight is 557 g/mol. The van der Waals surface area contributed by atoms with Gasteiger partial charge in [0.25, 0.3) is 5.91 Å². The fourth-order valence-corrected chi connectivity index (χ4v) is 4.66. The van der Waals surface area contributed by atoms with Gasteiger partial charge in [0.1, 0.15) is 23.4 Å². The third-order valence-electron chi connectivity index (χ3n) is 6.76. The van der Waals surface area contributed by atoms with Gasteiger partial charge in [-0.3, -0.25) is 9.59 Å². The van der Waals surface area contributed by atoms with E-state index < -0.39 is 17.8 Å². The highest BCUT2D eigenvalue weighted by molar-refractivity contribution is 5.99. The minimum absolute atomic E-state index is 0.00941. The van der Waals surface area contributed by atoms with Crippen molar-refractivity contribution in [3.63, 3.8) is 0 Å². The van der Waals surface area contributed by atoms with Crippen LogP contribution in [0.5, 0.6) is 23.0 Å². The summed E-state index contributed by atoms with van der Waals surface area (Å²) in [7, 11) is 3.01. The van der Waals surface area contributed by atoms with Crippen LogP contribution in [-0.4, -0.2) is 37.7 Å². The van der Waals surface area contributed by atoms with Crippen LogP contribution in [-0.2, 0) is 22.6 Å². The Morgan fingerprint density at radius 2 is 1.66 bits per heavy atom. The number of carbonyl (C=O) groups excluding carboxylic acids is 2. The first-order valence-electron chi connectivity index (χ1n) is 13.0. The Kier molecular flexibility index (Phi) is 8.34. The van der Waals surface area contributed by atoms with Crippen molar-refractivity contribution >= 4 is 17.5 Å². The van der Waals surface area contributed by atoms with E-state index >= 15 is 0 Å². The Morgan fingerprint density at radius 3 is 2.41 bits per heavy atom. The molecule has 4 aromatic rings. The zero-order valence-corrected chi connectivity index (χ0v) is 22.6. The van der Waals surface area contributed by atoms with Gasteiger partial charge in [-0.15, -0.1) is 0 Å². The van der Waals surface area contributed by atoms with Gasteiger partial charge in [-0.2, -0.15) is 0 Å². The standard InChI is InChI=1S/C32H29FN2O6/c1-38-24-13-14-26(28(18-24)39-2)34-32(37)31(22-12-15-27-29(17-22)41-20-40-27)35(19-23-10-6-7-11-25(23)33)30(36)16-21-8-4-3-5-9-21/h3-15,17-18,31H,16,19-20H2,1-2H3,(H,34,37). The van der Waals surface area contributed by atoms with Crippen molar-refractivity contribution in [3.8, 4) is 23.0 Å². The van der Waals surface area contributed by atoms with Crippen LogP contribution in [0.1, 0.15) is 22.7 Å². The van der Waals surface area contributed by atoms with Gasteiger partial charge in [-0.05, 0) is 41.5 Å². The highest BCUT2D eigenvalue weighted by Gasteiger charge is 2.34. The topological polar surface area (TPSA) is 86.3 Å². The van der Waals surface area contributed by atoms with E-state index in [0.29, 0.717) is 34.2 Å². The number of nitrogens with zero attached hydrogens (tertiary/aromatic N) is 1. The molecule has 41 heavy (non-hydrogen) atoms. The number of carbonyl (C=O) groups is 2. The lowest BCUT2D eigenvalue weighted by molar-refractivity contribution is -0.139. The normalized spacial score (nSPS) is 12.4. The van der Waals surface area contributed by atoms with Crippen molar-refractivity contribution < 1.29 is 32.9 Å². The first-order valence-corrected chi connectivity index (χ1v) is 13.0. The molecule has 0 bridgehead atoms. The Balaban J connectivity index is 1.58. The molecule has 0 radical (unpaired) electrons. The molecule has 1 N–H and O–H groups in total. The number of methoxy groups -OCH3 is 2. The second kappa shape index (κ2) is 12.4. The Labute approximate surface area is 237 Å². The molecule has 0 saturated heterocycles. The fourth-order valence-electron chi connectivity index (χ4n) is 4.66. The highest BCUT2D eigenvalue weighted by Crippen LogP contribution is 2.37. The number of fused-ring (bicyclic) bond motifs is 1. The minimum Gasteiger partial charge on any atom is -0.497 e. The third kappa shape index (κ3) is 6.24. The minimum atomic E-state index is -1.16. The monoisotopic (exact) mass is 556 g/mol. The number of ether oxygens (including phenoxy) is 4. The van der Waals surface area contributed by atoms with Gasteiger partial charge < -0.3 is 29.2 Å². The summed E-state index contributed by atoms with van der Waals surface area (Å²) in [6, 6.07) is 24.3. The molecule has 8 nitrogen and oxygen atoms in total. The number of rotatable bonds is 10. The Hall–Kier alpha value is -5.05. The lowest BCUT2D eigenvalue weighted by atomic mass is 10.0. The van der Waals surface area contributed by atoms with Crippen LogP contribution in [0, 0.1) is 5.82 Å². The Bertz CT molecular complexity index is 1540. The molecule has 0 spiro atoms. The zero-order valence-electron chi connectivity index (χ0n) is 22.6. The number of halogens is 1. The molecule has 1 aliphatic rings. The number of benzene rings is 4. The maximum absolute atomic E-state index is 14.9. The van der Waals surface area contributed by atoms with Gasteiger partial charge in [-0.25, -0.2) is 4.39 Å². The van der Waals surface area contributed by atoms with E-state index in [0.717, 1.165) is 5.56 Å². The molecule has 0 saturated carbocycles. The van der Waals surface area contributed by atoms with Gasteiger partial charge in [0.05, 0.1) is 26.3 Å². The van der Waals surface area contributed by atoms with Crippen LogP contribution in [0.2, 0.25) is 0 Å². The maximum atomic E-state index is 14.9.